The molecule has 2 aliphatic heterocycles. The lowest BCUT2D eigenvalue weighted by atomic mass is 9.74. The molecule has 3 rings (SSSR count). The van der Waals surface area contributed by atoms with Gasteiger partial charge in [-0.2, -0.15) is 0 Å². The molecular formula is C21H32Cl2N2O2. The largest absolute Gasteiger partial charge is 0.381 e. The second-order valence-electron chi connectivity index (χ2n) is 7.95. The van der Waals surface area contributed by atoms with Crippen LogP contribution in [0.4, 0.5) is 0 Å². The molecular weight excluding hydrogens is 383 g/mol. The Morgan fingerprint density at radius 2 is 2.04 bits per heavy atom. The number of piperidine rings is 1. The van der Waals surface area contributed by atoms with Gasteiger partial charge in [-0.15, -0.1) is 12.4 Å². The van der Waals surface area contributed by atoms with Crippen LogP contribution in [-0.4, -0.2) is 38.8 Å². The Kier molecular flexibility index (Phi) is 8.87. The summed E-state index contributed by atoms with van der Waals surface area (Å²) in [5.41, 5.74) is 1.14. The third kappa shape index (κ3) is 6.08. The van der Waals surface area contributed by atoms with Gasteiger partial charge in [0.15, 0.2) is 0 Å². The van der Waals surface area contributed by atoms with Crippen molar-refractivity contribution in [2.45, 2.75) is 44.4 Å². The van der Waals surface area contributed by atoms with Crippen LogP contribution in [0.25, 0.3) is 0 Å². The molecule has 0 spiro atoms. The van der Waals surface area contributed by atoms with Crippen LogP contribution in [-0.2, 0) is 14.9 Å². The monoisotopic (exact) mass is 414 g/mol. The Morgan fingerprint density at radius 1 is 1.33 bits per heavy atom. The van der Waals surface area contributed by atoms with Gasteiger partial charge >= 0.3 is 0 Å². The van der Waals surface area contributed by atoms with Gasteiger partial charge in [0, 0.05) is 36.6 Å². The minimum Gasteiger partial charge on any atom is -0.381 e. The first-order valence-corrected chi connectivity index (χ1v) is 10.3. The van der Waals surface area contributed by atoms with Crippen LogP contribution in [0.5, 0.6) is 0 Å². The van der Waals surface area contributed by atoms with E-state index in [-0.39, 0.29) is 23.7 Å². The van der Waals surface area contributed by atoms with Crippen molar-refractivity contribution >= 4 is 29.9 Å². The van der Waals surface area contributed by atoms with Crippen LogP contribution in [0, 0.1) is 11.8 Å². The van der Waals surface area contributed by atoms with Gasteiger partial charge in [-0.25, -0.2) is 0 Å². The zero-order valence-electron chi connectivity index (χ0n) is 16.1. The highest BCUT2D eigenvalue weighted by Crippen LogP contribution is 2.35. The minimum atomic E-state index is -0.0726. The first-order valence-electron chi connectivity index (χ1n) is 9.90. The summed E-state index contributed by atoms with van der Waals surface area (Å²) in [6.07, 6.45) is 4.80. The molecule has 2 fully saturated rings. The van der Waals surface area contributed by atoms with Gasteiger partial charge in [-0.3, -0.25) is 4.79 Å². The van der Waals surface area contributed by atoms with E-state index in [2.05, 4.69) is 23.6 Å². The van der Waals surface area contributed by atoms with Gasteiger partial charge in [0.25, 0.3) is 0 Å². The minimum absolute atomic E-state index is 0. The van der Waals surface area contributed by atoms with Crippen molar-refractivity contribution in [3.05, 3.63) is 34.9 Å². The quantitative estimate of drug-likeness (QED) is 0.740. The summed E-state index contributed by atoms with van der Waals surface area (Å²) in [5, 5.41) is 7.37. The number of benzene rings is 1. The summed E-state index contributed by atoms with van der Waals surface area (Å²) < 4.78 is 5.58. The second-order valence-corrected chi connectivity index (χ2v) is 8.39. The highest BCUT2D eigenvalue weighted by Gasteiger charge is 2.35. The molecule has 2 aliphatic rings. The first-order chi connectivity index (χ1) is 12.6. The van der Waals surface area contributed by atoms with E-state index < -0.39 is 0 Å². The van der Waals surface area contributed by atoms with Gasteiger partial charge in [0.05, 0.1) is 0 Å². The maximum atomic E-state index is 12.6. The van der Waals surface area contributed by atoms with E-state index in [9.17, 15) is 4.79 Å². The smallest absolute Gasteiger partial charge is 0.220 e. The van der Waals surface area contributed by atoms with E-state index in [0.717, 1.165) is 44.2 Å². The Balaban J connectivity index is 0.00000261. The number of hydrogen-bond donors (Lipinski definition) is 2. The van der Waals surface area contributed by atoms with Crippen LogP contribution in [0.2, 0.25) is 5.02 Å². The standard InChI is InChI=1S/C21H31ClN2O2.ClH/c1-16(17-5-9-23-10-6-17)13-20(25)24-15-21(7-11-26-12-8-21)18-3-2-4-19(22)14-18;/h2-4,14,16-17,23H,5-13,15H2,1H3,(H,24,25);1H. The fraction of sp³-hybridized carbons (Fsp3) is 0.667. The second kappa shape index (κ2) is 10.7. The maximum Gasteiger partial charge on any atom is 0.220 e. The van der Waals surface area contributed by atoms with E-state index >= 15 is 0 Å². The summed E-state index contributed by atoms with van der Waals surface area (Å²) in [7, 11) is 0. The fourth-order valence-corrected chi connectivity index (χ4v) is 4.55. The number of carbonyl (C=O) groups excluding carboxylic acids is 1. The van der Waals surface area contributed by atoms with E-state index in [1.54, 1.807) is 0 Å². The molecule has 1 aromatic carbocycles. The van der Waals surface area contributed by atoms with Gasteiger partial charge in [-0.05, 0) is 68.3 Å². The van der Waals surface area contributed by atoms with Crippen LogP contribution in [0.3, 0.4) is 0 Å². The topological polar surface area (TPSA) is 50.4 Å². The Hall–Kier alpha value is -0.810. The summed E-state index contributed by atoms with van der Waals surface area (Å²) >= 11 is 6.22. The molecule has 152 valence electrons. The molecule has 4 nitrogen and oxygen atoms in total. The number of rotatable bonds is 6. The van der Waals surface area contributed by atoms with Crippen LogP contribution >= 0.6 is 24.0 Å². The molecule has 0 aliphatic carbocycles. The fourth-order valence-electron chi connectivity index (χ4n) is 4.36. The molecule has 1 aromatic rings. The third-order valence-electron chi connectivity index (χ3n) is 6.21. The van der Waals surface area contributed by atoms with Crippen LogP contribution in [0.15, 0.2) is 24.3 Å². The first kappa shape index (κ1) is 22.5. The molecule has 0 radical (unpaired) electrons. The average molecular weight is 415 g/mol. The lowest BCUT2D eigenvalue weighted by Crippen LogP contribution is -2.45. The van der Waals surface area contributed by atoms with Gasteiger partial charge in [0.1, 0.15) is 0 Å². The number of amides is 1. The highest BCUT2D eigenvalue weighted by molar-refractivity contribution is 6.30. The molecule has 6 heteroatoms. The normalized spacial score (nSPS) is 21.1. The van der Waals surface area contributed by atoms with Gasteiger partial charge in [-0.1, -0.05) is 30.7 Å². The number of ether oxygens (including phenoxy) is 1. The zero-order valence-corrected chi connectivity index (χ0v) is 17.7. The summed E-state index contributed by atoms with van der Waals surface area (Å²) in [6, 6.07) is 8.06. The summed E-state index contributed by atoms with van der Waals surface area (Å²) in [4.78, 5) is 12.6. The Labute approximate surface area is 174 Å². The predicted octanol–water partition coefficient (Wildman–Crippen LogP) is 3.95. The predicted molar refractivity (Wildman–Crippen MR) is 113 cm³/mol. The van der Waals surface area contributed by atoms with E-state index in [1.165, 1.54) is 18.4 Å². The molecule has 1 atom stereocenters. The molecule has 0 aromatic heterocycles. The Morgan fingerprint density at radius 3 is 2.70 bits per heavy atom. The number of nitrogens with one attached hydrogen (secondary N) is 2. The SMILES string of the molecule is CC(CC(=O)NCC1(c2cccc(Cl)c2)CCOCC1)C1CCNCC1.Cl. The number of halogens is 2. The third-order valence-corrected chi connectivity index (χ3v) is 6.44. The maximum absolute atomic E-state index is 12.6. The van der Waals surface area contributed by atoms with Crippen molar-refractivity contribution in [3.8, 4) is 0 Å². The molecule has 0 bridgehead atoms. The lowest BCUT2D eigenvalue weighted by Gasteiger charge is -2.38. The molecule has 1 unspecified atom stereocenters. The van der Waals surface area contributed by atoms with Crippen molar-refractivity contribution < 1.29 is 9.53 Å². The van der Waals surface area contributed by atoms with Crippen molar-refractivity contribution in [2.24, 2.45) is 11.8 Å². The molecule has 2 N–H and O–H groups in total. The van der Waals surface area contributed by atoms with E-state index in [1.807, 2.05) is 18.2 Å². The van der Waals surface area contributed by atoms with Crippen molar-refractivity contribution in [3.63, 3.8) is 0 Å². The number of hydrogen-bond acceptors (Lipinski definition) is 3. The van der Waals surface area contributed by atoms with E-state index in [4.69, 9.17) is 16.3 Å². The molecule has 2 saturated heterocycles. The molecule has 0 saturated carbocycles. The van der Waals surface area contributed by atoms with Gasteiger partial charge in [0.2, 0.25) is 5.91 Å². The van der Waals surface area contributed by atoms with Crippen molar-refractivity contribution in [2.75, 3.05) is 32.8 Å². The molecule has 1 amide bonds. The van der Waals surface area contributed by atoms with Gasteiger partial charge < -0.3 is 15.4 Å². The van der Waals surface area contributed by atoms with Crippen LogP contribution < -0.4 is 10.6 Å². The molecule has 2 heterocycles. The highest BCUT2D eigenvalue weighted by atomic mass is 35.5. The average Bonchev–Trinajstić information content (AvgIpc) is 2.68. The van der Waals surface area contributed by atoms with Crippen molar-refractivity contribution in [1.29, 1.82) is 0 Å². The zero-order chi connectivity index (χ0) is 18.4. The number of carbonyl (C=O) groups is 1. The van der Waals surface area contributed by atoms with E-state index in [0.29, 0.717) is 24.8 Å². The summed E-state index contributed by atoms with van der Waals surface area (Å²) in [6.45, 7) is 6.50. The van der Waals surface area contributed by atoms with Crippen molar-refractivity contribution in [1.82, 2.24) is 10.6 Å². The molecule has 27 heavy (non-hydrogen) atoms. The summed E-state index contributed by atoms with van der Waals surface area (Å²) in [5.74, 6) is 1.27. The van der Waals surface area contributed by atoms with Crippen LogP contribution in [0.1, 0.15) is 44.6 Å². The lowest BCUT2D eigenvalue weighted by molar-refractivity contribution is -0.122. The Bertz CT molecular complexity index is 600.